The number of aromatic nitrogens is 1. The fourth-order valence-electron chi connectivity index (χ4n) is 1.73. The average molecular weight is 260 g/mol. The van der Waals surface area contributed by atoms with Crippen molar-refractivity contribution in [2.24, 2.45) is 5.73 Å². The molecule has 1 aliphatic rings. The van der Waals surface area contributed by atoms with E-state index in [1.165, 1.54) is 11.3 Å². The first-order valence-electron chi connectivity index (χ1n) is 4.93. The van der Waals surface area contributed by atoms with Crippen LogP contribution < -0.4 is 5.73 Å². The van der Waals surface area contributed by atoms with Crippen molar-refractivity contribution in [3.63, 3.8) is 0 Å². The Labute approximate surface area is 97.6 Å². The van der Waals surface area contributed by atoms with Gasteiger partial charge < -0.3 is 5.73 Å². The summed E-state index contributed by atoms with van der Waals surface area (Å²) in [6.07, 6.45) is 1.18. The second-order valence-corrected chi connectivity index (χ2v) is 7.05. The Hall–Kier alpha value is -0.950. The van der Waals surface area contributed by atoms with Crippen molar-refractivity contribution in [1.29, 1.82) is 0 Å². The molecule has 1 aromatic rings. The Morgan fingerprint density at radius 3 is 2.56 bits per heavy atom. The van der Waals surface area contributed by atoms with Crippen molar-refractivity contribution in [1.82, 2.24) is 4.98 Å². The molecule has 5 nitrogen and oxygen atoms in total. The first-order chi connectivity index (χ1) is 7.48. The number of nitrogens with two attached hydrogens (primary N) is 1. The van der Waals surface area contributed by atoms with Crippen LogP contribution in [-0.4, -0.2) is 30.8 Å². The standard InChI is InChI=1S/C9H12N2O3S2/c10-8(12)7-5-15-9(11-7)6-1-3-16(13,14)4-2-6/h5-6H,1-4H2,(H2,10,12). The zero-order valence-electron chi connectivity index (χ0n) is 8.55. The summed E-state index contributed by atoms with van der Waals surface area (Å²) in [5, 5.41) is 2.45. The minimum atomic E-state index is -2.85. The minimum absolute atomic E-state index is 0.154. The van der Waals surface area contributed by atoms with Crippen LogP contribution in [-0.2, 0) is 9.84 Å². The number of primary amides is 1. The van der Waals surface area contributed by atoms with E-state index in [0.717, 1.165) is 5.01 Å². The zero-order valence-corrected chi connectivity index (χ0v) is 10.2. The highest BCUT2D eigenvalue weighted by Crippen LogP contribution is 2.30. The lowest BCUT2D eigenvalue weighted by Gasteiger charge is -2.19. The summed E-state index contributed by atoms with van der Waals surface area (Å²) < 4.78 is 22.5. The number of sulfone groups is 1. The summed E-state index contributed by atoms with van der Waals surface area (Å²) in [6.45, 7) is 0. The van der Waals surface area contributed by atoms with Gasteiger partial charge in [0.15, 0.2) is 0 Å². The van der Waals surface area contributed by atoms with Gasteiger partial charge in [0.1, 0.15) is 15.5 Å². The SMILES string of the molecule is NC(=O)c1csc(C2CCS(=O)(=O)CC2)n1. The third-order valence-electron chi connectivity index (χ3n) is 2.68. The van der Waals surface area contributed by atoms with Crippen molar-refractivity contribution in [2.45, 2.75) is 18.8 Å². The topological polar surface area (TPSA) is 90.1 Å². The van der Waals surface area contributed by atoms with Gasteiger partial charge in [0, 0.05) is 11.3 Å². The molecule has 88 valence electrons. The van der Waals surface area contributed by atoms with Crippen LogP contribution in [0.3, 0.4) is 0 Å². The van der Waals surface area contributed by atoms with E-state index >= 15 is 0 Å². The van der Waals surface area contributed by atoms with Gasteiger partial charge in [-0.3, -0.25) is 4.79 Å². The lowest BCUT2D eigenvalue weighted by Crippen LogP contribution is -2.22. The van der Waals surface area contributed by atoms with Crippen LogP contribution in [0.2, 0.25) is 0 Å². The van der Waals surface area contributed by atoms with Crippen LogP contribution in [0.5, 0.6) is 0 Å². The van der Waals surface area contributed by atoms with Crippen LogP contribution >= 0.6 is 11.3 Å². The Balaban J connectivity index is 2.11. The predicted octanol–water partition coefficient (Wildman–Crippen LogP) is 0.534. The summed E-state index contributed by atoms with van der Waals surface area (Å²) >= 11 is 1.38. The summed E-state index contributed by atoms with van der Waals surface area (Å²) in [5.74, 6) is 0.0410. The second-order valence-electron chi connectivity index (χ2n) is 3.86. The van der Waals surface area contributed by atoms with Gasteiger partial charge in [-0.1, -0.05) is 0 Å². The third kappa shape index (κ3) is 2.41. The minimum Gasteiger partial charge on any atom is -0.364 e. The summed E-state index contributed by atoms with van der Waals surface area (Å²) in [4.78, 5) is 15.0. The van der Waals surface area contributed by atoms with Crippen molar-refractivity contribution in [2.75, 3.05) is 11.5 Å². The number of hydrogen-bond acceptors (Lipinski definition) is 5. The van der Waals surface area contributed by atoms with E-state index in [2.05, 4.69) is 4.98 Å². The molecule has 0 atom stereocenters. The molecule has 2 rings (SSSR count). The van der Waals surface area contributed by atoms with E-state index in [9.17, 15) is 13.2 Å². The van der Waals surface area contributed by atoms with Gasteiger partial charge in [-0.05, 0) is 12.8 Å². The van der Waals surface area contributed by atoms with Gasteiger partial charge in [0.2, 0.25) is 0 Å². The lowest BCUT2D eigenvalue weighted by atomic mass is 10.0. The van der Waals surface area contributed by atoms with Gasteiger partial charge in [-0.15, -0.1) is 11.3 Å². The average Bonchev–Trinajstić information content (AvgIpc) is 2.66. The molecule has 0 bridgehead atoms. The van der Waals surface area contributed by atoms with Gasteiger partial charge in [-0.2, -0.15) is 0 Å². The number of nitrogens with zero attached hydrogens (tertiary/aromatic N) is 1. The zero-order chi connectivity index (χ0) is 11.8. The van der Waals surface area contributed by atoms with Gasteiger partial charge in [0.25, 0.3) is 5.91 Å². The van der Waals surface area contributed by atoms with E-state index in [0.29, 0.717) is 12.8 Å². The molecule has 1 amide bonds. The lowest BCUT2D eigenvalue weighted by molar-refractivity contribution is 0.0996. The van der Waals surface area contributed by atoms with Gasteiger partial charge >= 0.3 is 0 Å². The Morgan fingerprint density at radius 2 is 2.06 bits per heavy atom. The number of carbonyl (C=O) groups is 1. The molecule has 16 heavy (non-hydrogen) atoms. The van der Waals surface area contributed by atoms with E-state index in [1.54, 1.807) is 5.38 Å². The number of amides is 1. The molecular weight excluding hydrogens is 248 g/mol. The molecule has 1 fully saturated rings. The fraction of sp³-hybridized carbons (Fsp3) is 0.556. The molecule has 0 unspecified atom stereocenters. The largest absolute Gasteiger partial charge is 0.364 e. The molecular formula is C9H12N2O3S2. The molecule has 0 aliphatic carbocycles. The molecule has 0 radical (unpaired) electrons. The maximum absolute atomic E-state index is 11.2. The highest BCUT2D eigenvalue weighted by Gasteiger charge is 2.26. The maximum atomic E-state index is 11.2. The first kappa shape index (κ1) is 11.5. The highest BCUT2D eigenvalue weighted by molar-refractivity contribution is 7.91. The highest BCUT2D eigenvalue weighted by atomic mass is 32.2. The maximum Gasteiger partial charge on any atom is 0.268 e. The summed E-state index contributed by atoms with van der Waals surface area (Å²) in [5.41, 5.74) is 5.38. The van der Waals surface area contributed by atoms with Crippen LogP contribution in [0.1, 0.15) is 34.3 Å². The smallest absolute Gasteiger partial charge is 0.268 e. The molecule has 2 heterocycles. The molecule has 1 aromatic heterocycles. The normalized spacial score (nSPS) is 20.8. The number of rotatable bonds is 2. The van der Waals surface area contributed by atoms with Crippen molar-refractivity contribution < 1.29 is 13.2 Å². The number of thiazole rings is 1. The quantitative estimate of drug-likeness (QED) is 0.840. The Kier molecular flexibility index (Phi) is 2.98. The van der Waals surface area contributed by atoms with Crippen molar-refractivity contribution in [3.05, 3.63) is 16.1 Å². The molecule has 0 aromatic carbocycles. The van der Waals surface area contributed by atoms with Crippen LogP contribution in [0.25, 0.3) is 0 Å². The number of carbonyl (C=O) groups excluding carboxylic acids is 1. The van der Waals surface area contributed by atoms with Gasteiger partial charge in [-0.25, -0.2) is 13.4 Å². The van der Waals surface area contributed by atoms with Crippen molar-refractivity contribution >= 4 is 27.1 Å². The summed E-state index contributed by atoms with van der Waals surface area (Å²) in [7, 11) is -2.85. The van der Waals surface area contributed by atoms with Crippen LogP contribution in [0.4, 0.5) is 0 Å². The molecule has 0 saturated carbocycles. The predicted molar refractivity (Wildman–Crippen MR) is 61.3 cm³/mol. The van der Waals surface area contributed by atoms with E-state index in [4.69, 9.17) is 5.73 Å². The van der Waals surface area contributed by atoms with Gasteiger partial charge in [0.05, 0.1) is 16.5 Å². The third-order valence-corrected chi connectivity index (χ3v) is 5.40. The van der Waals surface area contributed by atoms with Crippen molar-refractivity contribution in [3.8, 4) is 0 Å². The number of hydrogen-bond donors (Lipinski definition) is 1. The summed E-state index contributed by atoms with van der Waals surface area (Å²) in [6, 6.07) is 0. The molecule has 2 N–H and O–H groups in total. The molecule has 1 saturated heterocycles. The molecule has 1 aliphatic heterocycles. The fourth-order valence-corrected chi connectivity index (χ4v) is 4.20. The molecule has 7 heteroatoms. The van der Waals surface area contributed by atoms with E-state index in [1.807, 2.05) is 0 Å². The Bertz CT molecular complexity index is 493. The van der Waals surface area contributed by atoms with E-state index < -0.39 is 15.7 Å². The van der Waals surface area contributed by atoms with Crippen LogP contribution in [0.15, 0.2) is 5.38 Å². The monoisotopic (exact) mass is 260 g/mol. The van der Waals surface area contributed by atoms with Crippen LogP contribution in [0, 0.1) is 0 Å². The van der Waals surface area contributed by atoms with E-state index in [-0.39, 0.29) is 23.1 Å². The Morgan fingerprint density at radius 1 is 1.44 bits per heavy atom. The molecule has 0 spiro atoms. The first-order valence-corrected chi connectivity index (χ1v) is 7.64. The second kappa shape index (κ2) is 4.14.